The van der Waals surface area contributed by atoms with Crippen molar-refractivity contribution >= 4 is 33.1 Å². The quantitative estimate of drug-likeness (QED) is 0.472. The highest BCUT2D eigenvalue weighted by atomic mass is 32.1. The van der Waals surface area contributed by atoms with Crippen molar-refractivity contribution in [1.82, 2.24) is 9.55 Å². The summed E-state index contributed by atoms with van der Waals surface area (Å²) in [4.78, 5) is 32.0. The lowest BCUT2D eigenvalue weighted by Crippen LogP contribution is -2.29. The first-order chi connectivity index (χ1) is 14.7. The fraction of sp³-hybridized carbons (Fsp3) is 0.240. The van der Waals surface area contributed by atoms with Gasteiger partial charge in [0.1, 0.15) is 17.2 Å². The van der Waals surface area contributed by atoms with Crippen LogP contribution in [0.25, 0.3) is 20.7 Å². The SMILES string of the molecule is Cc1nc2sc(-c3ccccc3)cc2c(=O)n1CC(=O)Nc1ccc(C(C)(C)C)cc1. The van der Waals surface area contributed by atoms with E-state index in [1.54, 1.807) is 6.92 Å². The van der Waals surface area contributed by atoms with Gasteiger partial charge in [-0.1, -0.05) is 63.2 Å². The highest BCUT2D eigenvalue weighted by Crippen LogP contribution is 2.31. The molecule has 4 rings (SSSR count). The van der Waals surface area contributed by atoms with Gasteiger partial charge in [-0.15, -0.1) is 11.3 Å². The lowest BCUT2D eigenvalue weighted by Gasteiger charge is -2.19. The number of fused-ring (bicyclic) bond motifs is 1. The molecule has 1 N–H and O–H groups in total. The number of amides is 1. The van der Waals surface area contributed by atoms with Gasteiger partial charge in [0.2, 0.25) is 5.91 Å². The minimum Gasteiger partial charge on any atom is -0.325 e. The van der Waals surface area contributed by atoms with Gasteiger partial charge in [0.25, 0.3) is 5.56 Å². The highest BCUT2D eigenvalue weighted by Gasteiger charge is 2.16. The molecule has 0 bridgehead atoms. The number of nitrogens with zero attached hydrogens (tertiary/aromatic N) is 2. The smallest absolute Gasteiger partial charge is 0.262 e. The number of benzene rings is 2. The molecular weight excluding hydrogens is 406 g/mol. The first-order valence-electron chi connectivity index (χ1n) is 10.2. The van der Waals surface area contributed by atoms with E-state index in [-0.39, 0.29) is 23.4 Å². The van der Waals surface area contributed by atoms with Crippen molar-refractivity contribution in [3.63, 3.8) is 0 Å². The monoisotopic (exact) mass is 431 g/mol. The van der Waals surface area contributed by atoms with Crippen molar-refractivity contribution in [3.05, 3.63) is 82.4 Å². The average molecular weight is 432 g/mol. The van der Waals surface area contributed by atoms with E-state index in [9.17, 15) is 9.59 Å². The Kier molecular flexibility index (Phi) is 5.50. The minimum atomic E-state index is -0.256. The van der Waals surface area contributed by atoms with E-state index < -0.39 is 0 Å². The Morgan fingerprint density at radius 3 is 2.39 bits per heavy atom. The maximum absolute atomic E-state index is 13.1. The second kappa shape index (κ2) is 8.12. The van der Waals surface area contributed by atoms with E-state index in [1.165, 1.54) is 21.5 Å². The molecule has 5 nitrogen and oxygen atoms in total. The fourth-order valence-electron chi connectivity index (χ4n) is 3.45. The summed E-state index contributed by atoms with van der Waals surface area (Å²) in [7, 11) is 0. The number of rotatable bonds is 4. The number of aromatic nitrogens is 2. The second-order valence-electron chi connectivity index (χ2n) is 8.62. The maximum atomic E-state index is 13.1. The van der Waals surface area contributed by atoms with Gasteiger partial charge in [0.15, 0.2) is 0 Å². The normalized spacial score (nSPS) is 11.6. The number of aryl methyl sites for hydroxylation is 1. The lowest BCUT2D eigenvalue weighted by molar-refractivity contribution is -0.116. The van der Waals surface area contributed by atoms with Crippen LogP contribution in [-0.4, -0.2) is 15.5 Å². The van der Waals surface area contributed by atoms with Crippen molar-refractivity contribution in [2.45, 2.75) is 39.7 Å². The van der Waals surface area contributed by atoms with Gasteiger partial charge in [0, 0.05) is 10.6 Å². The van der Waals surface area contributed by atoms with E-state index in [0.29, 0.717) is 21.7 Å². The fourth-order valence-corrected chi connectivity index (χ4v) is 4.52. The zero-order valence-corrected chi connectivity index (χ0v) is 18.9. The van der Waals surface area contributed by atoms with Crippen molar-refractivity contribution < 1.29 is 4.79 Å². The van der Waals surface area contributed by atoms with Crippen LogP contribution >= 0.6 is 11.3 Å². The van der Waals surface area contributed by atoms with Gasteiger partial charge in [-0.3, -0.25) is 14.2 Å². The summed E-state index contributed by atoms with van der Waals surface area (Å²) < 4.78 is 1.43. The van der Waals surface area contributed by atoms with Crippen LogP contribution in [0.2, 0.25) is 0 Å². The van der Waals surface area contributed by atoms with Crippen molar-refractivity contribution in [3.8, 4) is 10.4 Å². The summed E-state index contributed by atoms with van der Waals surface area (Å²) in [6, 6.07) is 19.6. The van der Waals surface area contributed by atoms with E-state index >= 15 is 0 Å². The molecule has 0 spiro atoms. The minimum absolute atomic E-state index is 0.0488. The number of thiophene rings is 1. The van der Waals surface area contributed by atoms with E-state index in [2.05, 4.69) is 31.1 Å². The van der Waals surface area contributed by atoms with Crippen LogP contribution in [0, 0.1) is 6.92 Å². The van der Waals surface area contributed by atoms with Crippen molar-refractivity contribution in [2.75, 3.05) is 5.32 Å². The van der Waals surface area contributed by atoms with Crippen LogP contribution < -0.4 is 10.9 Å². The molecule has 0 saturated carbocycles. The third-order valence-corrected chi connectivity index (χ3v) is 6.31. The van der Waals surface area contributed by atoms with Crippen LogP contribution in [0.4, 0.5) is 5.69 Å². The Hall–Kier alpha value is -3.25. The molecule has 31 heavy (non-hydrogen) atoms. The topological polar surface area (TPSA) is 64.0 Å². The van der Waals surface area contributed by atoms with E-state index in [1.807, 2.05) is 60.7 Å². The van der Waals surface area contributed by atoms with Gasteiger partial charge >= 0.3 is 0 Å². The molecule has 0 atom stereocenters. The second-order valence-corrected chi connectivity index (χ2v) is 9.65. The van der Waals surface area contributed by atoms with Crippen LogP contribution in [0.3, 0.4) is 0 Å². The molecule has 0 unspecified atom stereocenters. The molecule has 1 amide bonds. The number of hydrogen-bond acceptors (Lipinski definition) is 4. The number of nitrogens with one attached hydrogen (secondary N) is 1. The largest absolute Gasteiger partial charge is 0.325 e. The number of carbonyl (C=O) groups excluding carboxylic acids is 1. The zero-order chi connectivity index (χ0) is 22.2. The molecule has 0 saturated heterocycles. The van der Waals surface area contributed by atoms with E-state index in [0.717, 1.165) is 10.4 Å². The molecule has 0 aliphatic carbocycles. The molecule has 0 aliphatic heterocycles. The first kappa shape index (κ1) is 21.0. The summed E-state index contributed by atoms with van der Waals surface area (Å²) in [5.74, 6) is 0.269. The van der Waals surface area contributed by atoms with E-state index in [4.69, 9.17) is 0 Å². The lowest BCUT2D eigenvalue weighted by atomic mass is 9.87. The Balaban J connectivity index is 1.58. The third-order valence-electron chi connectivity index (χ3n) is 5.24. The predicted octanol–water partition coefficient (Wildman–Crippen LogP) is 5.37. The molecule has 0 radical (unpaired) electrons. The summed E-state index contributed by atoms with van der Waals surface area (Å²) in [6.07, 6.45) is 0. The molecule has 6 heteroatoms. The van der Waals surface area contributed by atoms with Crippen LogP contribution in [-0.2, 0) is 16.8 Å². The van der Waals surface area contributed by atoms with Gasteiger partial charge in [-0.25, -0.2) is 4.98 Å². The molecule has 2 aromatic carbocycles. The molecule has 158 valence electrons. The molecule has 0 aliphatic rings. The summed E-state index contributed by atoms with van der Waals surface area (Å²) in [6.45, 7) is 8.12. The van der Waals surface area contributed by atoms with Crippen molar-refractivity contribution in [2.24, 2.45) is 0 Å². The third kappa shape index (κ3) is 4.44. The molecule has 2 aromatic heterocycles. The maximum Gasteiger partial charge on any atom is 0.262 e. The van der Waals surface area contributed by atoms with Crippen LogP contribution in [0.15, 0.2) is 65.5 Å². The summed E-state index contributed by atoms with van der Waals surface area (Å²) >= 11 is 1.49. The first-order valence-corrected chi connectivity index (χ1v) is 11.0. The Labute approximate surface area is 185 Å². The van der Waals surface area contributed by atoms with Crippen molar-refractivity contribution in [1.29, 1.82) is 0 Å². The number of carbonyl (C=O) groups is 1. The molecule has 2 heterocycles. The van der Waals surface area contributed by atoms with Gasteiger partial charge in [-0.05, 0) is 41.7 Å². The molecular formula is C25H25N3O2S. The zero-order valence-electron chi connectivity index (χ0n) is 18.1. The Bertz CT molecular complexity index is 1300. The number of anilines is 1. The van der Waals surface area contributed by atoms with Gasteiger partial charge in [0.05, 0.1) is 5.39 Å². The molecule has 0 fully saturated rings. The van der Waals surface area contributed by atoms with Crippen LogP contribution in [0.1, 0.15) is 32.2 Å². The Morgan fingerprint density at radius 1 is 1.06 bits per heavy atom. The van der Waals surface area contributed by atoms with Gasteiger partial charge in [-0.2, -0.15) is 0 Å². The van der Waals surface area contributed by atoms with Crippen LogP contribution in [0.5, 0.6) is 0 Å². The number of hydrogen-bond donors (Lipinski definition) is 1. The standard InChI is InChI=1S/C25H25N3O2S/c1-16-26-23-20(14-21(31-23)17-8-6-5-7-9-17)24(30)28(16)15-22(29)27-19-12-10-18(11-13-19)25(2,3)4/h5-14H,15H2,1-4H3,(H,27,29). The molecule has 4 aromatic rings. The summed E-state index contributed by atoms with van der Waals surface area (Å²) in [5, 5.41) is 3.42. The summed E-state index contributed by atoms with van der Waals surface area (Å²) in [5.41, 5.74) is 2.80. The average Bonchev–Trinajstić information content (AvgIpc) is 3.16. The van der Waals surface area contributed by atoms with Gasteiger partial charge < -0.3 is 5.32 Å². The highest BCUT2D eigenvalue weighted by molar-refractivity contribution is 7.21. The Morgan fingerprint density at radius 2 is 1.74 bits per heavy atom. The predicted molar refractivity (Wildman–Crippen MR) is 128 cm³/mol.